The van der Waals surface area contributed by atoms with Gasteiger partial charge in [0.15, 0.2) is 5.69 Å². The van der Waals surface area contributed by atoms with Crippen LogP contribution in [-0.2, 0) is 33.3 Å². The van der Waals surface area contributed by atoms with Crippen molar-refractivity contribution in [2.24, 2.45) is 5.11 Å². The SMILES string of the molecule is CC(=O)OCC1O[C@H](Sc2cc(Br)cnc2C#N)[C@@H](OC(C)=O)C(N=[N+]=[N-])[C@H]1OC(C)=O. The van der Waals surface area contributed by atoms with Crippen molar-refractivity contribution in [2.45, 2.75) is 55.5 Å². The number of carbonyl (C=O) groups excluding carboxylic acids is 3. The largest absolute Gasteiger partial charge is 0.463 e. The van der Waals surface area contributed by atoms with Gasteiger partial charge < -0.3 is 18.9 Å². The fourth-order valence-corrected chi connectivity index (χ4v) is 4.58. The summed E-state index contributed by atoms with van der Waals surface area (Å²) in [6.07, 6.45) is -2.01. The van der Waals surface area contributed by atoms with Gasteiger partial charge in [0.1, 0.15) is 42.5 Å². The minimum absolute atomic E-state index is 0.0855. The Morgan fingerprint density at radius 3 is 2.50 bits per heavy atom. The van der Waals surface area contributed by atoms with Crippen LogP contribution in [0.15, 0.2) is 26.7 Å². The van der Waals surface area contributed by atoms with Crippen LogP contribution in [-0.4, -0.2) is 59.3 Å². The number of thioether (sulfide) groups is 1. The predicted molar refractivity (Wildman–Crippen MR) is 112 cm³/mol. The summed E-state index contributed by atoms with van der Waals surface area (Å²) in [5, 5.41) is 13.1. The molecule has 0 spiro atoms. The Bertz CT molecular complexity index is 981. The summed E-state index contributed by atoms with van der Waals surface area (Å²) in [5.74, 6) is -2.01. The molecule has 1 aromatic rings. The molecular formula is C18H18BrN5O7S. The number of aromatic nitrogens is 1. The summed E-state index contributed by atoms with van der Waals surface area (Å²) in [6, 6.07) is 2.37. The maximum atomic E-state index is 11.8. The summed E-state index contributed by atoms with van der Waals surface area (Å²) in [6.45, 7) is 3.16. The second kappa shape index (κ2) is 11.7. The van der Waals surface area contributed by atoms with Gasteiger partial charge in [0, 0.05) is 41.2 Å². The lowest BCUT2D eigenvalue weighted by Gasteiger charge is -2.43. The Morgan fingerprint density at radius 2 is 1.94 bits per heavy atom. The summed E-state index contributed by atoms with van der Waals surface area (Å²) < 4.78 is 22.2. The molecule has 1 aromatic heterocycles. The maximum absolute atomic E-state index is 11.8. The van der Waals surface area contributed by atoms with E-state index < -0.39 is 47.7 Å². The van der Waals surface area contributed by atoms with Crippen molar-refractivity contribution in [2.75, 3.05) is 6.61 Å². The molecule has 1 aliphatic rings. The summed E-state index contributed by atoms with van der Waals surface area (Å²) >= 11 is 4.27. The van der Waals surface area contributed by atoms with E-state index in [2.05, 4.69) is 30.9 Å². The van der Waals surface area contributed by atoms with Crippen molar-refractivity contribution in [1.29, 1.82) is 5.26 Å². The van der Waals surface area contributed by atoms with Crippen LogP contribution in [0.3, 0.4) is 0 Å². The lowest BCUT2D eigenvalue weighted by atomic mass is 9.97. The van der Waals surface area contributed by atoms with E-state index in [1.807, 2.05) is 6.07 Å². The molecule has 2 rings (SSSR count). The van der Waals surface area contributed by atoms with Crippen LogP contribution in [0.2, 0.25) is 0 Å². The van der Waals surface area contributed by atoms with Crippen LogP contribution >= 0.6 is 27.7 Å². The molecule has 2 unspecified atom stereocenters. The van der Waals surface area contributed by atoms with E-state index in [9.17, 15) is 19.6 Å². The molecule has 0 aliphatic carbocycles. The first-order valence-electron chi connectivity index (χ1n) is 9.06. The Hall–Kier alpha value is -2.85. The first-order valence-corrected chi connectivity index (χ1v) is 10.7. The number of azide groups is 1. The van der Waals surface area contributed by atoms with Crippen molar-refractivity contribution in [1.82, 2.24) is 4.98 Å². The van der Waals surface area contributed by atoms with Crippen LogP contribution in [0.25, 0.3) is 10.4 Å². The molecule has 0 N–H and O–H groups in total. The Morgan fingerprint density at radius 1 is 1.28 bits per heavy atom. The molecule has 0 amide bonds. The van der Waals surface area contributed by atoms with E-state index in [0.29, 0.717) is 9.37 Å². The standard InChI is InChI=1S/C18H18BrN5O7S/c1-8(25)28-7-13-16(29-9(2)26)15(23-24-21)17(30-10(3)27)18(31-13)32-14-4-11(19)6-22-12(14)5-20/h4,6,13,15-18H,7H2,1-3H3/t13?,15?,16-,17-,18+/m0/s1. The van der Waals surface area contributed by atoms with Gasteiger partial charge in [-0.2, -0.15) is 5.26 Å². The predicted octanol–water partition coefficient (Wildman–Crippen LogP) is 2.64. The number of rotatable bonds is 7. The lowest BCUT2D eigenvalue weighted by molar-refractivity contribution is -0.201. The molecule has 12 nitrogen and oxygen atoms in total. The molecule has 1 aliphatic heterocycles. The zero-order valence-corrected chi connectivity index (χ0v) is 19.5. The van der Waals surface area contributed by atoms with Crippen molar-refractivity contribution in [3.05, 3.63) is 32.9 Å². The van der Waals surface area contributed by atoms with E-state index in [1.165, 1.54) is 13.1 Å². The van der Waals surface area contributed by atoms with E-state index in [1.54, 1.807) is 6.07 Å². The van der Waals surface area contributed by atoms with Gasteiger partial charge in [-0.1, -0.05) is 16.9 Å². The number of halogens is 1. The number of hydrogen-bond donors (Lipinski definition) is 0. The first kappa shape index (κ1) is 25.4. The summed E-state index contributed by atoms with van der Waals surface area (Å²) in [7, 11) is 0. The van der Waals surface area contributed by atoms with E-state index in [0.717, 1.165) is 25.6 Å². The molecule has 0 aromatic carbocycles. The minimum Gasteiger partial charge on any atom is -0.463 e. The lowest BCUT2D eigenvalue weighted by Crippen LogP contribution is -2.59. The highest BCUT2D eigenvalue weighted by Crippen LogP contribution is 2.39. The highest BCUT2D eigenvalue weighted by Gasteiger charge is 2.50. The third-order valence-electron chi connectivity index (χ3n) is 4.03. The maximum Gasteiger partial charge on any atom is 0.303 e. The van der Waals surface area contributed by atoms with Gasteiger partial charge in [-0.25, -0.2) is 4.98 Å². The molecule has 0 saturated carbocycles. The zero-order chi connectivity index (χ0) is 23.8. The average molecular weight is 528 g/mol. The number of nitriles is 1. The van der Waals surface area contributed by atoms with Crippen molar-refractivity contribution >= 4 is 45.6 Å². The zero-order valence-electron chi connectivity index (χ0n) is 17.1. The average Bonchev–Trinajstić information content (AvgIpc) is 2.70. The number of pyridine rings is 1. The number of esters is 3. The van der Waals surface area contributed by atoms with E-state index in [-0.39, 0.29) is 12.3 Å². The Labute approximate surface area is 195 Å². The molecule has 2 heterocycles. The molecule has 170 valence electrons. The van der Waals surface area contributed by atoms with Gasteiger partial charge in [0.25, 0.3) is 0 Å². The topological polar surface area (TPSA) is 174 Å². The van der Waals surface area contributed by atoms with Crippen molar-refractivity contribution in [3.63, 3.8) is 0 Å². The quantitative estimate of drug-likeness (QED) is 0.168. The number of nitrogens with zero attached hydrogens (tertiary/aromatic N) is 5. The smallest absolute Gasteiger partial charge is 0.303 e. The first-order chi connectivity index (χ1) is 15.2. The van der Waals surface area contributed by atoms with Gasteiger partial charge >= 0.3 is 17.9 Å². The molecule has 1 saturated heterocycles. The third-order valence-corrected chi connectivity index (χ3v) is 5.64. The second-order valence-electron chi connectivity index (χ2n) is 6.42. The van der Waals surface area contributed by atoms with Gasteiger partial charge in [0.2, 0.25) is 0 Å². The van der Waals surface area contributed by atoms with E-state index in [4.69, 9.17) is 24.5 Å². The molecular weight excluding hydrogens is 510 g/mol. The molecule has 32 heavy (non-hydrogen) atoms. The van der Waals surface area contributed by atoms with Gasteiger partial charge in [-0.05, 0) is 27.5 Å². The normalized spacial score (nSPS) is 24.4. The molecule has 1 fully saturated rings. The number of ether oxygens (including phenoxy) is 4. The monoisotopic (exact) mass is 527 g/mol. The van der Waals surface area contributed by atoms with Crippen LogP contribution < -0.4 is 0 Å². The highest BCUT2D eigenvalue weighted by molar-refractivity contribution is 9.10. The summed E-state index contributed by atoms with van der Waals surface area (Å²) in [4.78, 5) is 42.0. The second-order valence-corrected chi connectivity index (χ2v) is 8.47. The fourth-order valence-electron chi connectivity index (χ4n) is 2.89. The number of hydrogen-bond acceptors (Lipinski definition) is 11. The van der Waals surface area contributed by atoms with Crippen molar-refractivity contribution in [3.8, 4) is 6.07 Å². The van der Waals surface area contributed by atoms with Crippen LogP contribution in [0.4, 0.5) is 0 Å². The van der Waals surface area contributed by atoms with Crippen LogP contribution in [0, 0.1) is 11.3 Å². The Balaban J connectivity index is 2.51. The van der Waals surface area contributed by atoms with Crippen LogP contribution in [0.1, 0.15) is 26.5 Å². The van der Waals surface area contributed by atoms with Crippen molar-refractivity contribution < 1.29 is 33.3 Å². The summed E-state index contributed by atoms with van der Waals surface area (Å²) in [5.41, 5.74) is 8.17. The third kappa shape index (κ3) is 6.83. The van der Waals surface area contributed by atoms with Gasteiger partial charge in [0.05, 0.1) is 0 Å². The highest BCUT2D eigenvalue weighted by atomic mass is 79.9. The molecule has 5 atom stereocenters. The molecule has 14 heteroatoms. The molecule has 0 bridgehead atoms. The Kier molecular flexibility index (Phi) is 9.27. The minimum atomic E-state index is -1.21. The molecule has 0 radical (unpaired) electrons. The van der Waals surface area contributed by atoms with E-state index >= 15 is 0 Å². The van der Waals surface area contributed by atoms with Gasteiger partial charge in [-0.15, -0.1) is 0 Å². The van der Waals surface area contributed by atoms with Crippen LogP contribution in [0.5, 0.6) is 0 Å². The fraction of sp³-hybridized carbons (Fsp3) is 0.500. The number of carbonyl (C=O) groups is 3. The van der Waals surface area contributed by atoms with Gasteiger partial charge in [-0.3, -0.25) is 14.4 Å².